The molecular weight excluding hydrogens is 484 g/mol. The molecule has 0 radical (unpaired) electrons. The highest BCUT2D eigenvalue weighted by Crippen LogP contribution is 2.41. The number of para-hydroxylation sites is 1. The molecule has 0 amide bonds. The van der Waals surface area contributed by atoms with E-state index in [0.29, 0.717) is 6.42 Å². The number of aliphatic hydroxyl groups is 4. The third-order valence-electron chi connectivity index (χ3n) is 7.59. The van der Waals surface area contributed by atoms with Crippen LogP contribution < -0.4 is 5.32 Å². The summed E-state index contributed by atoms with van der Waals surface area (Å²) < 4.78 is 16.9. The molecule has 5 rings (SSSR count). The number of H-pyrrole nitrogens is 1. The van der Waals surface area contributed by atoms with Gasteiger partial charge < -0.3 is 50.0 Å². The second kappa shape index (κ2) is 10.5. The Morgan fingerprint density at radius 2 is 1.95 bits per heavy atom. The molecule has 9 atom stereocenters. The Kier molecular flexibility index (Phi) is 7.37. The van der Waals surface area contributed by atoms with Crippen LogP contribution in [-0.4, -0.2) is 86.6 Å². The van der Waals surface area contributed by atoms with E-state index in [0.717, 1.165) is 35.8 Å². The third kappa shape index (κ3) is 4.68. The maximum atomic E-state index is 12.2. The number of aliphatic hydroxyl groups excluding tert-OH is 4. The minimum Gasteiger partial charge on any atom is -0.478 e. The van der Waals surface area contributed by atoms with Crippen molar-refractivity contribution in [2.75, 3.05) is 13.2 Å². The van der Waals surface area contributed by atoms with Crippen LogP contribution in [0, 0.1) is 11.8 Å². The number of hydrogen-bond donors (Lipinski definition) is 7. The highest BCUT2D eigenvalue weighted by molar-refractivity contribution is 5.87. The van der Waals surface area contributed by atoms with Crippen LogP contribution in [0.3, 0.4) is 0 Å². The predicted octanol–water partition coefficient (Wildman–Crippen LogP) is 0.305. The van der Waals surface area contributed by atoms with Gasteiger partial charge in [-0.3, -0.25) is 0 Å². The van der Waals surface area contributed by atoms with E-state index in [4.69, 9.17) is 14.2 Å². The molecule has 37 heavy (non-hydrogen) atoms. The van der Waals surface area contributed by atoms with E-state index in [1.165, 1.54) is 5.56 Å². The molecule has 0 saturated carbocycles. The minimum absolute atomic E-state index is 0.0589. The van der Waals surface area contributed by atoms with Crippen molar-refractivity contribution in [1.29, 1.82) is 0 Å². The summed E-state index contributed by atoms with van der Waals surface area (Å²) in [6.07, 6.45) is -4.53. The summed E-state index contributed by atoms with van der Waals surface area (Å²) in [5.74, 6) is -2.36. The van der Waals surface area contributed by atoms with E-state index in [2.05, 4.69) is 22.9 Å². The summed E-state index contributed by atoms with van der Waals surface area (Å²) in [5, 5.41) is 54.6. The third-order valence-corrected chi connectivity index (χ3v) is 7.59. The number of aromatic amines is 1. The van der Waals surface area contributed by atoms with Crippen molar-refractivity contribution in [3.63, 3.8) is 0 Å². The number of aromatic nitrogens is 1. The number of aliphatic carboxylic acids is 1. The van der Waals surface area contributed by atoms with Crippen molar-refractivity contribution in [1.82, 2.24) is 10.3 Å². The van der Waals surface area contributed by atoms with Crippen LogP contribution in [0.4, 0.5) is 0 Å². The average Bonchev–Trinajstić information content (AvgIpc) is 3.28. The van der Waals surface area contributed by atoms with Crippen LogP contribution in [0.15, 0.2) is 48.8 Å². The van der Waals surface area contributed by atoms with Gasteiger partial charge in [0.15, 0.2) is 6.29 Å². The van der Waals surface area contributed by atoms with Crippen molar-refractivity contribution < 1.29 is 44.5 Å². The summed E-state index contributed by atoms with van der Waals surface area (Å²) in [6.45, 7) is 4.01. The van der Waals surface area contributed by atoms with Gasteiger partial charge in [-0.25, -0.2) is 4.79 Å². The van der Waals surface area contributed by atoms with E-state index >= 15 is 0 Å². The van der Waals surface area contributed by atoms with Gasteiger partial charge in [0.05, 0.1) is 18.4 Å². The lowest BCUT2D eigenvalue weighted by atomic mass is 9.78. The van der Waals surface area contributed by atoms with Gasteiger partial charge in [-0.1, -0.05) is 24.3 Å². The second-order valence-corrected chi connectivity index (χ2v) is 9.69. The number of ether oxygens (including phenoxy) is 3. The molecule has 0 spiro atoms. The van der Waals surface area contributed by atoms with Crippen LogP contribution >= 0.6 is 0 Å². The average molecular weight is 517 g/mol. The quantitative estimate of drug-likeness (QED) is 0.254. The Morgan fingerprint density at radius 3 is 2.68 bits per heavy atom. The van der Waals surface area contributed by atoms with E-state index in [-0.39, 0.29) is 11.6 Å². The fourth-order valence-electron chi connectivity index (χ4n) is 5.64. The molecular formula is C26H32N2O9. The number of carboxylic acid groups (broad SMARTS) is 1. The first-order chi connectivity index (χ1) is 17.8. The van der Waals surface area contributed by atoms with E-state index in [1.54, 1.807) is 6.08 Å². The van der Waals surface area contributed by atoms with Crippen LogP contribution in [0.1, 0.15) is 23.7 Å². The van der Waals surface area contributed by atoms with E-state index < -0.39 is 61.4 Å². The van der Waals surface area contributed by atoms with Gasteiger partial charge in [0.1, 0.15) is 24.4 Å². The molecule has 1 aromatic carbocycles. The number of benzene rings is 1. The standard InChI is InChI=1S/C26H32N2O9/c1-2-12-15(9-18-20-14(7-8-27-18)13-5-3-4-6-17(13)28-20)16(24(33)34)11-35-25(12)37-26-23(32)22(31)21(30)19(10-29)36-26/h2-6,11-12,15,18-19,21-23,25-32H,1,7-10H2,(H,33,34)/t12?,15?,18-,19?,21?,22-,23+,25-,26?/m0/s1. The van der Waals surface area contributed by atoms with Crippen molar-refractivity contribution in [2.24, 2.45) is 11.8 Å². The number of nitrogens with one attached hydrogen (secondary N) is 2. The Morgan fingerprint density at radius 1 is 1.16 bits per heavy atom. The fourth-order valence-corrected chi connectivity index (χ4v) is 5.64. The lowest BCUT2D eigenvalue weighted by molar-refractivity contribution is -0.339. The van der Waals surface area contributed by atoms with Gasteiger partial charge in [0, 0.05) is 34.5 Å². The second-order valence-electron chi connectivity index (χ2n) is 9.69. The molecule has 5 unspecified atom stereocenters. The van der Waals surface area contributed by atoms with Crippen molar-refractivity contribution in [2.45, 2.75) is 55.9 Å². The summed E-state index contributed by atoms with van der Waals surface area (Å²) in [4.78, 5) is 15.6. The lowest BCUT2D eigenvalue weighted by Crippen LogP contribution is -2.60. The largest absolute Gasteiger partial charge is 0.478 e. The van der Waals surface area contributed by atoms with Gasteiger partial charge in [-0.2, -0.15) is 0 Å². The number of hydrogen-bond acceptors (Lipinski definition) is 9. The Hall–Kier alpha value is -2.77. The fraction of sp³-hybridized carbons (Fsp3) is 0.500. The highest BCUT2D eigenvalue weighted by Gasteiger charge is 2.48. The molecule has 3 aliphatic heterocycles. The molecule has 1 aromatic heterocycles. The predicted molar refractivity (Wildman–Crippen MR) is 130 cm³/mol. The van der Waals surface area contributed by atoms with Crippen LogP contribution in [-0.2, 0) is 25.4 Å². The molecule has 2 aromatic rings. The van der Waals surface area contributed by atoms with Crippen LogP contribution in [0.5, 0.6) is 0 Å². The van der Waals surface area contributed by atoms with Crippen LogP contribution in [0.2, 0.25) is 0 Å². The van der Waals surface area contributed by atoms with Crippen molar-refractivity contribution in [3.05, 3.63) is 60.0 Å². The number of fused-ring (bicyclic) bond motifs is 3. The van der Waals surface area contributed by atoms with Crippen LogP contribution in [0.25, 0.3) is 10.9 Å². The summed E-state index contributed by atoms with van der Waals surface area (Å²) in [6, 6.07) is 7.87. The minimum atomic E-state index is -1.62. The topological polar surface area (TPSA) is 174 Å². The zero-order valence-electron chi connectivity index (χ0n) is 20.1. The molecule has 0 aliphatic carbocycles. The Labute approximate surface area is 213 Å². The Balaban J connectivity index is 1.41. The molecule has 3 aliphatic rings. The lowest BCUT2D eigenvalue weighted by Gasteiger charge is -2.43. The van der Waals surface area contributed by atoms with Crippen molar-refractivity contribution >= 4 is 16.9 Å². The SMILES string of the molecule is C=CC1C(C[C@@H]2NCCc3c2[nH]c2ccccc32)C(C(=O)O)=CO[C@H]1OC1OC(CO)C(O)[C@H](O)[C@H]1O. The molecule has 1 fully saturated rings. The molecule has 1 saturated heterocycles. The van der Waals surface area contributed by atoms with E-state index in [9.17, 15) is 30.3 Å². The first-order valence-electron chi connectivity index (χ1n) is 12.3. The number of rotatable bonds is 7. The van der Waals surface area contributed by atoms with Gasteiger partial charge in [-0.15, -0.1) is 6.58 Å². The normalized spacial score (nSPS) is 35.9. The van der Waals surface area contributed by atoms with Crippen molar-refractivity contribution in [3.8, 4) is 0 Å². The zero-order valence-corrected chi connectivity index (χ0v) is 20.1. The number of carboxylic acids is 1. The molecule has 0 bridgehead atoms. The zero-order chi connectivity index (χ0) is 26.3. The maximum absolute atomic E-state index is 12.2. The highest BCUT2D eigenvalue weighted by atomic mass is 16.8. The van der Waals surface area contributed by atoms with Gasteiger partial charge in [0.25, 0.3) is 0 Å². The maximum Gasteiger partial charge on any atom is 0.334 e. The molecule has 7 N–H and O–H groups in total. The molecule has 11 nitrogen and oxygen atoms in total. The van der Waals surface area contributed by atoms with Gasteiger partial charge in [-0.05, 0) is 31.0 Å². The molecule has 200 valence electrons. The van der Waals surface area contributed by atoms with Gasteiger partial charge in [0.2, 0.25) is 6.29 Å². The molecule has 11 heteroatoms. The number of carbonyl (C=O) groups is 1. The first kappa shape index (κ1) is 25.9. The summed E-state index contributed by atoms with van der Waals surface area (Å²) in [5.41, 5.74) is 3.30. The van der Waals surface area contributed by atoms with E-state index in [1.807, 2.05) is 18.2 Å². The summed E-state index contributed by atoms with van der Waals surface area (Å²) >= 11 is 0. The van der Waals surface area contributed by atoms with Gasteiger partial charge >= 0.3 is 5.97 Å². The first-order valence-corrected chi connectivity index (χ1v) is 12.3. The summed E-state index contributed by atoms with van der Waals surface area (Å²) in [7, 11) is 0. The monoisotopic (exact) mass is 516 g/mol. The Bertz CT molecular complexity index is 1180. The smallest absolute Gasteiger partial charge is 0.334 e. The molecule has 4 heterocycles.